The number of hydrogen-bond donors (Lipinski definition) is 1. The van der Waals surface area contributed by atoms with Crippen molar-refractivity contribution in [3.05, 3.63) is 48.0 Å². The van der Waals surface area contributed by atoms with Crippen molar-refractivity contribution >= 4 is 5.91 Å². The molecule has 3 rings (SSSR count). The number of aryl methyl sites for hydroxylation is 1. The third kappa shape index (κ3) is 3.98. The van der Waals surface area contributed by atoms with E-state index in [1.165, 1.54) is 28.3 Å². The minimum Gasteiger partial charge on any atom is -0.391 e. The van der Waals surface area contributed by atoms with Gasteiger partial charge < -0.3 is 10.0 Å². The number of halogens is 3. The van der Waals surface area contributed by atoms with E-state index in [-0.39, 0.29) is 25.3 Å². The van der Waals surface area contributed by atoms with E-state index < -0.39 is 23.9 Å². The van der Waals surface area contributed by atoms with Gasteiger partial charge in [-0.3, -0.25) is 9.48 Å². The Balaban J connectivity index is 1.76. The normalized spacial score (nSPS) is 20.9. The van der Waals surface area contributed by atoms with Gasteiger partial charge in [-0.15, -0.1) is 0 Å². The van der Waals surface area contributed by atoms with Gasteiger partial charge in [0, 0.05) is 13.0 Å². The van der Waals surface area contributed by atoms with E-state index in [9.17, 15) is 23.1 Å². The standard InChI is InChI=1S/C16H17F3N4O2/c17-16(18,19)12-3-1-2-11(6-12)14-7-13(24)8-23(14)15(25)4-5-22-10-20-9-21-22/h1-3,6,9-10,13-14,24H,4-5,7-8H2/t13-,14-/m1/s1. The number of hydrogen-bond acceptors (Lipinski definition) is 4. The minimum atomic E-state index is -4.45. The van der Waals surface area contributed by atoms with Crippen LogP contribution in [-0.2, 0) is 17.5 Å². The van der Waals surface area contributed by atoms with Crippen LogP contribution in [0.4, 0.5) is 13.2 Å². The predicted octanol–water partition coefficient (Wildman–Crippen LogP) is 2.02. The molecule has 0 saturated carbocycles. The second-order valence-electron chi connectivity index (χ2n) is 5.98. The summed E-state index contributed by atoms with van der Waals surface area (Å²) < 4.78 is 40.3. The molecule has 1 aromatic heterocycles. The molecular weight excluding hydrogens is 337 g/mol. The summed E-state index contributed by atoms with van der Waals surface area (Å²) in [5.74, 6) is -0.241. The number of rotatable bonds is 4. The first-order valence-electron chi connectivity index (χ1n) is 7.81. The second kappa shape index (κ2) is 6.83. The minimum absolute atomic E-state index is 0.108. The molecule has 0 unspecified atom stereocenters. The van der Waals surface area contributed by atoms with Gasteiger partial charge in [-0.1, -0.05) is 12.1 Å². The Morgan fingerprint density at radius 1 is 1.36 bits per heavy atom. The molecule has 1 saturated heterocycles. The number of benzene rings is 1. The molecule has 2 heterocycles. The molecule has 0 radical (unpaired) electrons. The van der Waals surface area contributed by atoms with E-state index >= 15 is 0 Å². The van der Waals surface area contributed by atoms with Crippen LogP contribution in [0.3, 0.4) is 0 Å². The molecule has 0 aliphatic carbocycles. The van der Waals surface area contributed by atoms with Gasteiger partial charge in [-0.05, 0) is 24.1 Å². The molecular formula is C16H17F3N4O2. The summed E-state index contributed by atoms with van der Waals surface area (Å²) in [6, 6.07) is 4.34. The third-order valence-electron chi connectivity index (χ3n) is 4.22. The fourth-order valence-corrected chi connectivity index (χ4v) is 3.03. The van der Waals surface area contributed by atoms with Crippen molar-refractivity contribution in [1.82, 2.24) is 19.7 Å². The number of carbonyl (C=O) groups excluding carboxylic acids is 1. The average Bonchev–Trinajstić information content (AvgIpc) is 3.21. The molecule has 1 amide bonds. The molecule has 9 heteroatoms. The Morgan fingerprint density at radius 2 is 2.16 bits per heavy atom. The molecule has 2 atom stereocenters. The topological polar surface area (TPSA) is 71.2 Å². The van der Waals surface area contributed by atoms with E-state index in [1.54, 1.807) is 6.07 Å². The summed E-state index contributed by atoms with van der Waals surface area (Å²) >= 11 is 0. The molecule has 1 aliphatic heterocycles. The summed E-state index contributed by atoms with van der Waals surface area (Å²) in [4.78, 5) is 17.7. The zero-order chi connectivity index (χ0) is 18.0. The molecule has 6 nitrogen and oxygen atoms in total. The van der Waals surface area contributed by atoms with Gasteiger partial charge >= 0.3 is 6.18 Å². The summed E-state index contributed by atoms with van der Waals surface area (Å²) in [6.45, 7) is 0.428. The van der Waals surface area contributed by atoms with Crippen LogP contribution in [0.2, 0.25) is 0 Å². The molecule has 1 aromatic carbocycles. The first-order valence-corrected chi connectivity index (χ1v) is 7.81. The van der Waals surface area contributed by atoms with Crippen molar-refractivity contribution in [1.29, 1.82) is 0 Å². The molecule has 0 spiro atoms. The zero-order valence-corrected chi connectivity index (χ0v) is 13.2. The Kier molecular flexibility index (Phi) is 4.76. The fourth-order valence-electron chi connectivity index (χ4n) is 3.03. The maximum absolute atomic E-state index is 12.9. The Morgan fingerprint density at radius 3 is 2.84 bits per heavy atom. The summed E-state index contributed by atoms with van der Waals surface area (Å²) in [5.41, 5.74) is -0.387. The lowest BCUT2D eigenvalue weighted by Crippen LogP contribution is -2.32. The van der Waals surface area contributed by atoms with Crippen LogP contribution in [0.15, 0.2) is 36.9 Å². The van der Waals surface area contributed by atoms with Gasteiger partial charge in [0.05, 0.1) is 24.3 Å². The van der Waals surface area contributed by atoms with Crippen molar-refractivity contribution in [3.63, 3.8) is 0 Å². The van der Waals surface area contributed by atoms with Crippen molar-refractivity contribution in [3.8, 4) is 0 Å². The van der Waals surface area contributed by atoms with Crippen LogP contribution < -0.4 is 0 Å². The highest BCUT2D eigenvalue weighted by Gasteiger charge is 2.37. The van der Waals surface area contributed by atoms with E-state index in [4.69, 9.17) is 0 Å². The van der Waals surface area contributed by atoms with E-state index in [0.717, 1.165) is 12.1 Å². The van der Waals surface area contributed by atoms with Crippen molar-refractivity contribution < 1.29 is 23.1 Å². The molecule has 134 valence electrons. The van der Waals surface area contributed by atoms with Crippen LogP contribution in [0.5, 0.6) is 0 Å². The number of aromatic nitrogens is 3. The van der Waals surface area contributed by atoms with Crippen LogP contribution in [0.1, 0.15) is 30.0 Å². The molecule has 1 N–H and O–H groups in total. The van der Waals surface area contributed by atoms with Crippen LogP contribution in [0, 0.1) is 0 Å². The van der Waals surface area contributed by atoms with Gasteiger partial charge in [-0.2, -0.15) is 18.3 Å². The van der Waals surface area contributed by atoms with Crippen LogP contribution in [0.25, 0.3) is 0 Å². The first-order chi connectivity index (χ1) is 11.8. The number of aliphatic hydroxyl groups is 1. The predicted molar refractivity (Wildman–Crippen MR) is 81.2 cm³/mol. The number of aliphatic hydroxyl groups excluding tert-OH is 1. The molecule has 25 heavy (non-hydrogen) atoms. The first kappa shape index (κ1) is 17.4. The monoisotopic (exact) mass is 354 g/mol. The van der Waals surface area contributed by atoms with E-state index in [2.05, 4.69) is 10.1 Å². The van der Waals surface area contributed by atoms with Gasteiger partial charge in [0.2, 0.25) is 5.91 Å². The Bertz CT molecular complexity index is 733. The summed E-state index contributed by atoms with van der Waals surface area (Å²) in [5, 5.41) is 13.8. The second-order valence-corrected chi connectivity index (χ2v) is 5.98. The maximum atomic E-state index is 12.9. The number of carbonyl (C=O) groups is 1. The average molecular weight is 354 g/mol. The van der Waals surface area contributed by atoms with Gasteiger partial charge in [0.1, 0.15) is 12.7 Å². The lowest BCUT2D eigenvalue weighted by Gasteiger charge is -2.25. The van der Waals surface area contributed by atoms with Crippen molar-refractivity contribution in [2.75, 3.05) is 6.54 Å². The number of alkyl halides is 3. The van der Waals surface area contributed by atoms with Crippen LogP contribution >= 0.6 is 0 Å². The largest absolute Gasteiger partial charge is 0.416 e. The summed E-state index contributed by atoms with van der Waals surface area (Å²) in [6.07, 6.45) is -2.02. The molecule has 0 bridgehead atoms. The number of β-amino-alcohol motifs (C(OH)–C–C–N with tert-alkyl or cyclic N) is 1. The van der Waals surface area contributed by atoms with Crippen molar-refractivity contribution in [2.45, 2.75) is 37.7 Å². The Labute approximate surface area is 141 Å². The van der Waals surface area contributed by atoms with Crippen molar-refractivity contribution in [2.24, 2.45) is 0 Å². The maximum Gasteiger partial charge on any atom is 0.416 e. The number of amides is 1. The number of nitrogens with zero attached hydrogens (tertiary/aromatic N) is 4. The van der Waals surface area contributed by atoms with E-state index in [1.807, 2.05) is 0 Å². The van der Waals surface area contributed by atoms with Gasteiger partial charge in [0.25, 0.3) is 0 Å². The fraction of sp³-hybridized carbons (Fsp3) is 0.438. The molecule has 1 fully saturated rings. The lowest BCUT2D eigenvalue weighted by atomic mass is 10.0. The highest BCUT2D eigenvalue weighted by atomic mass is 19.4. The summed E-state index contributed by atoms with van der Waals surface area (Å²) in [7, 11) is 0. The Hall–Kier alpha value is -2.42. The smallest absolute Gasteiger partial charge is 0.391 e. The highest BCUT2D eigenvalue weighted by molar-refractivity contribution is 5.77. The molecule has 2 aromatic rings. The quantitative estimate of drug-likeness (QED) is 0.912. The van der Waals surface area contributed by atoms with E-state index in [0.29, 0.717) is 12.1 Å². The van der Waals surface area contributed by atoms with Gasteiger partial charge in [-0.25, -0.2) is 4.98 Å². The number of likely N-dealkylation sites (tertiary alicyclic amines) is 1. The van der Waals surface area contributed by atoms with Crippen LogP contribution in [-0.4, -0.2) is 43.3 Å². The lowest BCUT2D eigenvalue weighted by molar-refractivity contribution is -0.137. The molecule has 1 aliphatic rings. The SMILES string of the molecule is O=C(CCn1cncn1)N1C[C@H](O)C[C@@H]1c1cccc(C(F)(F)F)c1. The zero-order valence-electron chi connectivity index (χ0n) is 13.2. The van der Waals surface area contributed by atoms with Gasteiger partial charge in [0.15, 0.2) is 0 Å². The third-order valence-corrected chi connectivity index (χ3v) is 4.22. The highest BCUT2D eigenvalue weighted by Crippen LogP contribution is 2.36.